The van der Waals surface area contributed by atoms with E-state index in [0.29, 0.717) is 13.1 Å². The van der Waals surface area contributed by atoms with Gasteiger partial charge in [-0.3, -0.25) is 0 Å². The number of hydrogen-bond acceptors (Lipinski definition) is 5. The van der Waals surface area contributed by atoms with E-state index >= 15 is 0 Å². The van der Waals surface area contributed by atoms with Gasteiger partial charge in [-0.1, -0.05) is 30.3 Å². The van der Waals surface area contributed by atoms with Crippen LogP contribution in [0.25, 0.3) is 16.6 Å². The van der Waals surface area contributed by atoms with Gasteiger partial charge in [-0.2, -0.15) is 19.3 Å². The fraction of sp³-hybridized carbons (Fsp3) is 0.250. The van der Waals surface area contributed by atoms with Crippen LogP contribution in [-0.4, -0.2) is 50.6 Å². The number of hydrogen-bond donors (Lipinski definition) is 0. The van der Waals surface area contributed by atoms with Crippen molar-refractivity contribution in [3.63, 3.8) is 0 Å². The van der Waals surface area contributed by atoms with E-state index in [1.54, 1.807) is 23.5 Å². The van der Waals surface area contributed by atoms with Crippen LogP contribution < -0.4 is 0 Å². The Morgan fingerprint density at radius 1 is 1.00 bits per heavy atom. The number of halogens is 1. The zero-order valence-electron chi connectivity index (χ0n) is 20.9. The number of aryl methyl sites for hydroxylation is 2. The fourth-order valence-corrected chi connectivity index (χ4v) is 7.86. The smallest absolute Gasteiger partial charge is 0.233 e. The molecular formula is C28H25FN6O2S. The van der Waals surface area contributed by atoms with E-state index in [1.165, 1.54) is 28.7 Å². The summed E-state index contributed by atoms with van der Waals surface area (Å²) in [6, 6.07) is 20.9. The van der Waals surface area contributed by atoms with E-state index in [9.17, 15) is 12.8 Å². The average Bonchev–Trinajstić information content (AvgIpc) is 3.34. The summed E-state index contributed by atoms with van der Waals surface area (Å²) in [5.74, 6) is 0.0525. The second-order valence-corrected chi connectivity index (χ2v) is 12.1. The Balaban J connectivity index is 1.33. The van der Waals surface area contributed by atoms with Crippen molar-refractivity contribution in [3.05, 3.63) is 102 Å². The summed E-state index contributed by atoms with van der Waals surface area (Å²) in [6.45, 7) is 2.86. The molecule has 38 heavy (non-hydrogen) atoms. The molecule has 3 heterocycles. The zero-order chi connectivity index (χ0) is 26.2. The quantitative estimate of drug-likeness (QED) is 0.345. The van der Waals surface area contributed by atoms with Gasteiger partial charge >= 0.3 is 0 Å². The Bertz CT molecular complexity index is 1800. The van der Waals surface area contributed by atoms with Gasteiger partial charge in [-0.25, -0.2) is 17.5 Å². The summed E-state index contributed by atoms with van der Waals surface area (Å²) in [7, 11) is -2.16. The first-order valence-corrected chi connectivity index (χ1v) is 13.9. The highest BCUT2D eigenvalue weighted by molar-refractivity contribution is 7.89. The van der Waals surface area contributed by atoms with Crippen molar-refractivity contribution in [1.82, 2.24) is 29.1 Å². The molecule has 0 spiro atoms. The maximum Gasteiger partial charge on any atom is 0.264 e. The third kappa shape index (κ3) is 3.30. The molecule has 1 saturated carbocycles. The van der Waals surface area contributed by atoms with E-state index in [1.807, 2.05) is 29.1 Å². The van der Waals surface area contributed by atoms with E-state index in [-0.39, 0.29) is 28.1 Å². The topological polar surface area (TPSA) is 85.9 Å². The van der Waals surface area contributed by atoms with E-state index in [2.05, 4.69) is 46.5 Å². The van der Waals surface area contributed by atoms with Crippen LogP contribution in [0.1, 0.15) is 22.6 Å². The molecule has 0 bridgehead atoms. The zero-order valence-corrected chi connectivity index (χ0v) is 21.7. The lowest BCUT2D eigenvalue weighted by atomic mass is 9.87. The molecule has 5 aromatic rings. The van der Waals surface area contributed by atoms with Crippen LogP contribution in [-0.2, 0) is 22.5 Å². The first-order valence-electron chi connectivity index (χ1n) is 12.5. The lowest BCUT2D eigenvalue weighted by Crippen LogP contribution is -2.35. The summed E-state index contributed by atoms with van der Waals surface area (Å²) in [5.41, 5.74) is 4.77. The van der Waals surface area contributed by atoms with Gasteiger partial charge in [0, 0.05) is 36.9 Å². The highest BCUT2D eigenvalue weighted by Crippen LogP contribution is 2.70. The summed E-state index contributed by atoms with van der Waals surface area (Å²) >= 11 is 0. The second-order valence-electron chi connectivity index (χ2n) is 10.3. The van der Waals surface area contributed by atoms with E-state index in [0.717, 1.165) is 27.7 Å². The van der Waals surface area contributed by atoms with Crippen LogP contribution in [0.3, 0.4) is 0 Å². The van der Waals surface area contributed by atoms with Crippen molar-refractivity contribution >= 4 is 20.9 Å². The lowest BCUT2D eigenvalue weighted by Gasteiger charge is -2.24. The maximum atomic E-state index is 13.5. The molecule has 192 valence electrons. The van der Waals surface area contributed by atoms with E-state index in [4.69, 9.17) is 0 Å². The molecule has 2 aliphatic rings. The number of sulfonamides is 1. The molecule has 0 N–H and O–H groups in total. The van der Waals surface area contributed by atoms with Crippen molar-refractivity contribution < 1.29 is 12.8 Å². The van der Waals surface area contributed by atoms with Crippen LogP contribution >= 0.6 is 0 Å². The fourth-order valence-electron chi connectivity index (χ4n) is 6.45. The van der Waals surface area contributed by atoms with Gasteiger partial charge in [0.2, 0.25) is 5.03 Å². The van der Waals surface area contributed by atoms with Gasteiger partial charge in [0.1, 0.15) is 5.82 Å². The Morgan fingerprint density at radius 3 is 2.47 bits per heavy atom. The van der Waals surface area contributed by atoms with Crippen molar-refractivity contribution in [2.24, 2.45) is 13.0 Å². The van der Waals surface area contributed by atoms with Gasteiger partial charge in [0.25, 0.3) is 10.0 Å². The van der Waals surface area contributed by atoms with Crippen molar-refractivity contribution in [2.75, 3.05) is 13.1 Å². The summed E-state index contributed by atoms with van der Waals surface area (Å²) in [5, 5.41) is 13.6. The molecule has 1 aliphatic carbocycles. The number of aromatic nitrogens is 5. The van der Waals surface area contributed by atoms with Crippen LogP contribution in [0.5, 0.6) is 0 Å². The van der Waals surface area contributed by atoms with E-state index < -0.39 is 10.0 Å². The molecule has 3 aromatic carbocycles. The average molecular weight is 529 g/mol. The minimum absolute atomic E-state index is 0.0274. The summed E-state index contributed by atoms with van der Waals surface area (Å²) in [4.78, 5) is 1.27. The Hall–Kier alpha value is -3.89. The van der Waals surface area contributed by atoms with Crippen molar-refractivity contribution in [1.29, 1.82) is 0 Å². The number of rotatable bonds is 5. The Morgan fingerprint density at radius 2 is 1.76 bits per heavy atom. The monoisotopic (exact) mass is 528 g/mol. The molecule has 3 atom stereocenters. The molecule has 0 amide bonds. The maximum absolute atomic E-state index is 13.5. The van der Waals surface area contributed by atoms with Crippen molar-refractivity contribution in [2.45, 2.75) is 23.3 Å². The minimum Gasteiger partial charge on any atom is -0.233 e. The van der Waals surface area contributed by atoms with Gasteiger partial charge in [0.05, 0.1) is 23.6 Å². The number of fused-ring (bicyclic) bond motifs is 2. The van der Waals surface area contributed by atoms with Crippen LogP contribution in [0.2, 0.25) is 0 Å². The standard InChI is InChI=1S/C28H25FN6O2S/c1-18-12-25-20(14-31-35(25)22-10-8-21(29)9-11-22)13-23(18)28-17-34(38(36,37)26-15-30-33(2)32-26)16-24(28)27(28)19-6-4-3-5-7-19/h3-15,24,27H,16-17H2,1-2H3/t24-,27-,28+/m1/s1. The summed E-state index contributed by atoms with van der Waals surface area (Å²) < 4.78 is 43.8. The number of nitrogens with zero attached hydrogens (tertiary/aromatic N) is 6. The SMILES string of the molecule is Cc1cc2c(cnn2-c2ccc(F)cc2)cc1[C@@]12CN(S(=O)(=O)c3cnn(C)n3)C[C@@H]1[C@H]2c1ccccc1. The number of piperidine rings is 1. The highest BCUT2D eigenvalue weighted by atomic mass is 32.2. The molecule has 1 aliphatic heterocycles. The third-order valence-corrected chi connectivity index (χ3v) is 9.85. The second kappa shape index (κ2) is 8.05. The molecule has 1 saturated heterocycles. The molecule has 0 unspecified atom stereocenters. The predicted molar refractivity (Wildman–Crippen MR) is 140 cm³/mol. The van der Waals surface area contributed by atoms with Crippen molar-refractivity contribution in [3.8, 4) is 5.69 Å². The van der Waals surface area contributed by atoms with Gasteiger partial charge in [0.15, 0.2) is 0 Å². The molecule has 8 nitrogen and oxygen atoms in total. The molecule has 2 fully saturated rings. The van der Waals surface area contributed by atoms with Crippen LogP contribution in [0.4, 0.5) is 4.39 Å². The Labute approximate surface area is 219 Å². The van der Waals surface area contributed by atoms with Crippen LogP contribution in [0.15, 0.2) is 84.1 Å². The highest BCUT2D eigenvalue weighted by Gasteiger charge is 2.71. The van der Waals surface area contributed by atoms with Gasteiger partial charge in [-0.05, 0) is 65.9 Å². The summed E-state index contributed by atoms with van der Waals surface area (Å²) in [6.07, 6.45) is 3.12. The first-order chi connectivity index (χ1) is 18.3. The Kier molecular flexibility index (Phi) is 4.93. The molecule has 0 radical (unpaired) electrons. The number of benzene rings is 3. The third-order valence-electron chi connectivity index (χ3n) is 8.18. The van der Waals surface area contributed by atoms with Gasteiger partial charge in [-0.15, -0.1) is 5.10 Å². The lowest BCUT2D eigenvalue weighted by molar-refractivity contribution is 0.418. The van der Waals surface area contributed by atoms with Crippen LogP contribution in [0, 0.1) is 18.7 Å². The molecule has 10 heteroatoms. The molecule has 2 aromatic heterocycles. The minimum atomic E-state index is -3.77. The normalized spacial score (nSPS) is 23.1. The predicted octanol–water partition coefficient (Wildman–Crippen LogP) is 3.96. The molecular weight excluding hydrogens is 503 g/mol. The first kappa shape index (κ1) is 23.2. The molecule has 7 rings (SSSR count). The van der Waals surface area contributed by atoms with Gasteiger partial charge < -0.3 is 0 Å². The largest absolute Gasteiger partial charge is 0.264 e.